The SMILES string of the molecule is CC[C@@H](OC(=O)[C@H]1CC(=O)N(c2cccc(Cl)c2C)C1)C(=O)c1ccccc1. The van der Waals surface area contributed by atoms with Gasteiger partial charge in [-0.3, -0.25) is 14.4 Å². The van der Waals surface area contributed by atoms with E-state index in [1.54, 1.807) is 54.3 Å². The molecule has 2 atom stereocenters. The van der Waals surface area contributed by atoms with E-state index in [1.807, 2.05) is 13.0 Å². The van der Waals surface area contributed by atoms with Crippen molar-refractivity contribution >= 4 is 34.9 Å². The Balaban J connectivity index is 1.70. The Bertz CT molecular complexity index is 897. The number of amides is 1. The number of esters is 1. The molecule has 3 rings (SSSR count). The summed E-state index contributed by atoms with van der Waals surface area (Å²) in [6.07, 6.45) is -0.426. The number of nitrogens with zero attached hydrogens (tertiary/aromatic N) is 1. The van der Waals surface area contributed by atoms with Gasteiger partial charge in [-0.05, 0) is 31.0 Å². The molecule has 5 nitrogen and oxygen atoms in total. The summed E-state index contributed by atoms with van der Waals surface area (Å²) in [7, 11) is 0. The molecule has 0 aliphatic carbocycles. The molecule has 1 fully saturated rings. The van der Waals surface area contributed by atoms with E-state index in [0.29, 0.717) is 22.7 Å². The quantitative estimate of drug-likeness (QED) is 0.539. The van der Waals surface area contributed by atoms with Crippen LogP contribution in [0.2, 0.25) is 5.02 Å². The average Bonchev–Trinajstić information content (AvgIpc) is 3.10. The highest BCUT2D eigenvalue weighted by Crippen LogP contribution is 2.32. The smallest absolute Gasteiger partial charge is 0.312 e. The van der Waals surface area contributed by atoms with Gasteiger partial charge in [0, 0.05) is 29.2 Å². The number of halogens is 1. The maximum absolute atomic E-state index is 12.6. The number of hydrogen-bond donors (Lipinski definition) is 0. The van der Waals surface area contributed by atoms with Crippen molar-refractivity contribution in [1.82, 2.24) is 0 Å². The fourth-order valence-corrected chi connectivity index (χ4v) is 3.50. The largest absolute Gasteiger partial charge is 0.454 e. The zero-order chi connectivity index (χ0) is 20.3. The van der Waals surface area contributed by atoms with Gasteiger partial charge >= 0.3 is 5.97 Å². The summed E-state index contributed by atoms with van der Waals surface area (Å²) >= 11 is 6.15. The fraction of sp³-hybridized carbons (Fsp3) is 0.318. The highest BCUT2D eigenvalue weighted by atomic mass is 35.5. The van der Waals surface area contributed by atoms with Crippen LogP contribution >= 0.6 is 11.6 Å². The van der Waals surface area contributed by atoms with Gasteiger partial charge < -0.3 is 9.64 Å². The molecule has 0 bridgehead atoms. The van der Waals surface area contributed by atoms with Crippen molar-refractivity contribution in [3.8, 4) is 0 Å². The molecule has 0 unspecified atom stereocenters. The molecule has 146 valence electrons. The van der Waals surface area contributed by atoms with Crippen LogP contribution < -0.4 is 4.90 Å². The summed E-state index contributed by atoms with van der Waals surface area (Å²) in [6.45, 7) is 3.84. The summed E-state index contributed by atoms with van der Waals surface area (Å²) < 4.78 is 5.49. The van der Waals surface area contributed by atoms with Crippen molar-refractivity contribution in [2.45, 2.75) is 32.8 Å². The Morgan fingerprint density at radius 2 is 1.89 bits per heavy atom. The second-order valence-corrected chi connectivity index (χ2v) is 7.26. The summed E-state index contributed by atoms with van der Waals surface area (Å²) in [6, 6.07) is 14.1. The van der Waals surface area contributed by atoms with Crippen LogP contribution in [-0.2, 0) is 14.3 Å². The Labute approximate surface area is 169 Å². The number of ketones is 1. The van der Waals surface area contributed by atoms with Gasteiger partial charge in [0.2, 0.25) is 11.7 Å². The molecule has 1 amide bonds. The molecule has 1 aliphatic rings. The van der Waals surface area contributed by atoms with Gasteiger partial charge in [0.05, 0.1) is 5.92 Å². The third-order valence-corrected chi connectivity index (χ3v) is 5.38. The minimum absolute atomic E-state index is 0.0563. The summed E-state index contributed by atoms with van der Waals surface area (Å²) in [4.78, 5) is 39.3. The van der Waals surface area contributed by atoms with Crippen molar-refractivity contribution in [1.29, 1.82) is 0 Å². The number of carbonyl (C=O) groups is 3. The van der Waals surface area contributed by atoms with Crippen molar-refractivity contribution < 1.29 is 19.1 Å². The highest BCUT2D eigenvalue weighted by molar-refractivity contribution is 6.31. The Morgan fingerprint density at radius 1 is 1.18 bits per heavy atom. The van der Waals surface area contributed by atoms with Gasteiger partial charge in [-0.2, -0.15) is 0 Å². The molecule has 1 heterocycles. The zero-order valence-corrected chi connectivity index (χ0v) is 16.6. The van der Waals surface area contributed by atoms with Gasteiger partial charge in [-0.15, -0.1) is 0 Å². The number of benzene rings is 2. The number of hydrogen-bond acceptors (Lipinski definition) is 4. The molecular weight excluding hydrogens is 378 g/mol. The molecule has 0 aromatic heterocycles. The van der Waals surface area contributed by atoms with E-state index >= 15 is 0 Å². The molecular formula is C22H22ClNO4. The molecule has 1 aliphatic heterocycles. The molecule has 28 heavy (non-hydrogen) atoms. The summed E-state index contributed by atoms with van der Waals surface area (Å²) in [5, 5.41) is 0.566. The average molecular weight is 400 g/mol. The fourth-order valence-electron chi connectivity index (χ4n) is 3.33. The van der Waals surface area contributed by atoms with Crippen LogP contribution in [0.1, 0.15) is 35.7 Å². The minimum Gasteiger partial charge on any atom is -0.454 e. The molecule has 2 aromatic rings. The van der Waals surface area contributed by atoms with Crippen LogP contribution in [0.5, 0.6) is 0 Å². The van der Waals surface area contributed by atoms with E-state index in [4.69, 9.17) is 16.3 Å². The van der Waals surface area contributed by atoms with E-state index in [1.165, 1.54) is 0 Å². The standard InChI is InChI=1S/C22H22ClNO4/c1-3-19(21(26)15-8-5-4-6-9-15)28-22(27)16-12-20(25)24(13-16)18-11-7-10-17(23)14(18)2/h4-11,16,19H,3,12-13H2,1-2H3/t16-,19+/m0/s1. The van der Waals surface area contributed by atoms with E-state index < -0.39 is 18.0 Å². The number of ether oxygens (including phenoxy) is 1. The first-order chi connectivity index (χ1) is 13.4. The van der Waals surface area contributed by atoms with Crippen molar-refractivity contribution in [3.05, 3.63) is 64.7 Å². The second-order valence-electron chi connectivity index (χ2n) is 6.85. The van der Waals surface area contributed by atoms with Gasteiger partial charge in [0.1, 0.15) is 0 Å². The Hall–Kier alpha value is -2.66. The third kappa shape index (κ3) is 4.09. The molecule has 0 saturated carbocycles. The van der Waals surface area contributed by atoms with Crippen LogP contribution in [0.3, 0.4) is 0 Å². The molecule has 0 spiro atoms. The topological polar surface area (TPSA) is 63.7 Å². The van der Waals surface area contributed by atoms with E-state index in [9.17, 15) is 14.4 Å². The van der Waals surface area contributed by atoms with Crippen molar-refractivity contribution in [3.63, 3.8) is 0 Å². The minimum atomic E-state index is -0.855. The molecule has 2 aromatic carbocycles. The Morgan fingerprint density at radius 3 is 2.57 bits per heavy atom. The molecule has 0 radical (unpaired) electrons. The third-order valence-electron chi connectivity index (χ3n) is 4.97. The van der Waals surface area contributed by atoms with Crippen LogP contribution in [0.25, 0.3) is 0 Å². The lowest BCUT2D eigenvalue weighted by Gasteiger charge is -2.20. The number of rotatable bonds is 6. The first-order valence-electron chi connectivity index (χ1n) is 9.27. The normalized spacial score (nSPS) is 17.5. The molecule has 0 N–H and O–H groups in total. The first-order valence-corrected chi connectivity index (χ1v) is 9.65. The van der Waals surface area contributed by atoms with Gasteiger partial charge in [-0.1, -0.05) is 54.9 Å². The maximum Gasteiger partial charge on any atom is 0.312 e. The number of Topliss-reactive ketones (excluding diaryl/α,β-unsaturated/α-hetero) is 1. The van der Waals surface area contributed by atoms with Crippen molar-refractivity contribution in [2.24, 2.45) is 5.92 Å². The van der Waals surface area contributed by atoms with E-state index in [2.05, 4.69) is 0 Å². The molecule has 1 saturated heterocycles. The maximum atomic E-state index is 12.6. The number of anilines is 1. The van der Waals surface area contributed by atoms with Crippen LogP contribution in [0.15, 0.2) is 48.5 Å². The van der Waals surface area contributed by atoms with E-state index in [-0.39, 0.29) is 24.7 Å². The van der Waals surface area contributed by atoms with Crippen molar-refractivity contribution in [2.75, 3.05) is 11.4 Å². The second kappa shape index (κ2) is 8.57. The van der Waals surface area contributed by atoms with Crippen LogP contribution in [0.4, 0.5) is 5.69 Å². The lowest BCUT2D eigenvalue weighted by Crippen LogP contribution is -2.32. The molecule has 6 heteroatoms. The predicted molar refractivity (Wildman–Crippen MR) is 108 cm³/mol. The lowest BCUT2D eigenvalue weighted by atomic mass is 10.0. The van der Waals surface area contributed by atoms with E-state index in [0.717, 1.165) is 5.56 Å². The number of carbonyl (C=O) groups excluding carboxylic acids is 3. The predicted octanol–water partition coefficient (Wildman–Crippen LogP) is 4.21. The first kappa shape index (κ1) is 20.1. The van der Waals surface area contributed by atoms with Crippen LogP contribution in [0, 0.1) is 12.8 Å². The van der Waals surface area contributed by atoms with Gasteiger partial charge in [0.15, 0.2) is 6.10 Å². The monoisotopic (exact) mass is 399 g/mol. The lowest BCUT2D eigenvalue weighted by molar-refractivity contribution is -0.151. The van der Waals surface area contributed by atoms with Gasteiger partial charge in [0.25, 0.3) is 0 Å². The van der Waals surface area contributed by atoms with Crippen LogP contribution in [-0.4, -0.2) is 30.3 Å². The zero-order valence-electron chi connectivity index (χ0n) is 15.9. The summed E-state index contributed by atoms with van der Waals surface area (Å²) in [5.41, 5.74) is 1.98. The summed E-state index contributed by atoms with van der Waals surface area (Å²) in [5.74, 6) is -1.52. The Kier molecular flexibility index (Phi) is 6.15. The highest BCUT2D eigenvalue weighted by Gasteiger charge is 2.38. The van der Waals surface area contributed by atoms with Gasteiger partial charge in [-0.25, -0.2) is 0 Å².